The highest BCUT2D eigenvalue weighted by atomic mass is 35.5. The van der Waals surface area contributed by atoms with Gasteiger partial charge in [0.05, 0.1) is 11.9 Å². The second kappa shape index (κ2) is 5.77. The predicted octanol–water partition coefficient (Wildman–Crippen LogP) is 1.04. The molecule has 2 heterocycles. The summed E-state index contributed by atoms with van der Waals surface area (Å²) in [7, 11) is 1.42. The van der Waals surface area contributed by atoms with Gasteiger partial charge in [-0.05, 0) is 12.1 Å². The highest BCUT2D eigenvalue weighted by molar-refractivity contribution is 6.29. The molecule has 0 aliphatic heterocycles. The smallest absolute Gasteiger partial charge is 0.339 e. The summed E-state index contributed by atoms with van der Waals surface area (Å²) in [5, 5.41) is 30.8. The van der Waals surface area contributed by atoms with Crippen molar-refractivity contribution in [3.05, 3.63) is 40.9 Å². The molecule has 8 nitrogen and oxygen atoms in total. The Morgan fingerprint density at radius 3 is 2.52 bits per heavy atom. The molecule has 2 aromatic heterocycles. The van der Waals surface area contributed by atoms with Gasteiger partial charge in [-0.3, -0.25) is 4.40 Å². The monoisotopic (exact) mass is 371 g/mol. The van der Waals surface area contributed by atoms with E-state index < -0.39 is 23.4 Å². The van der Waals surface area contributed by atoms with E-state index in [0.717, 1.165) is 10.6 Å². The highest BCUT2D eigenvalue weighted by Crippen LogP contribution is 2.35. The van der Waals surface area contributed by atoms with Crippen molar-refractivity contribution in [2.24, 2.45) is 0 Å². The number of nitrogen functional groups attached to an aromatic ring is 1. The van der Waals surface area contributed by atoms with Crippen molar-refractivity contribution < 1.29 is 24.1 Å². The van der Waals surface area contributed by atoms with Crippen molar-refractivity contribution in [2.45, 2.75) is 5.97 Å². The number of aliphatic hydroxyl groups is 3. The number of fused-ring (bicyclic) bond motifs is 1. The van der Waals surface area contributed by atoms with E-state index in [-0.39, 0.29) is 33.4 Å². The van der Waals surface area contributed by atoms with Crippen LogP contribution in [0.4, 0.5) is 20.3 Å². The van der Waals surface area contributed by atoms with Gasteiger partial charge in [0.1, 0.15) is 22.2 Å². The van der Waals surface area contributed by atoms with Crippen LogP contribution in [0.2, 0.25) is 5.15 Å². The lowest BCUT2D eigenvalue weighted by molar-refractivity contribution is -0.329. The third-order valence-corrected chi connectivity index (χ3v) is 3.82. The van der Waals surface area contributed by atoms with Gasteiger partial charge < -0.3 is 26.4 Å². The normalized spacial score (nSPS) is 12.0. The first kappa shape index (κ1) is 17.3. The molecule has 0 saturated heterocycles. The predicted molar refractivity (Wildman–Crippen MR) is 85.6 cm³/mol. The Morgan fingerprint density at radius 1 is 1.24 bits per heavy atom. The highest BCUT2D eigenvalue weighted by Gasteiger charge is 2.33. The van der Waals surface area contributed by atoms with Gasteiger partial charge in [-0.1, -0.05) is 11.6 Å². The Balaban J connectivity index is 2.43. The van der Waals surface area contributed by atoms with Gasteiger partial charge in [-0.2, -0.15) is 0 Å². The Labute approximate surface area is 144 Å². The van der Waals surface area contributed by atoms with Gasteiger partial charge in [-0.15, -0.1) is 0 Å². The number of hydrogen-bond donors (Lipinski definition) is 5. The molecule has 0 unspecified atom stereocenters. The summed E-state index contributed by atoms with van der Waals surface area (Å²) in [6.07, 6.45) is 1.08. The van der Waals surface area contributed by atoms with Crippen LogP contribution in [0.3, 0.4) is 0 Å². The number of halogens is 3. The van der Waals surface area contributed by atoms with Crippen molar-refractivity contribution in [3.63, 3.8) is 0 Å². The summed E-state index contributed by atoms with van der Waals surface area (Å²) in [5.74, 6) is -6.77. The number of aromatic nitrogens is 3. The van der Waals surface area contributed by atoms with Crippen molar-refractivity contribution in [3.8, 4) is 11.3 Å². The van der Waals surface area contributed by atoms with Crippen LogP contribution in [0.1, 0.15) is 5.82 Å². The number of benzene rings is 1. The van der Waals surface area contributed by atoms with Crippen LogP contribution in [-0.2, 0) is 5.97 Å². The Morgan fingerprint density at radius 2 is 1.92 bits per heavy atom. The van der Waals surface area contributed by atoms with E-state index in [9.17, 15) is 24.1 Å². The van der Waals surface area contributed by atoms with Crippen molar-refractivity contribution >= 4 is 28.6 Å². The first-order valence-electron chi connectivity index (χ1n) is 6.83. The molecular weight excluding hydrogens is 360 g/mol. The minimum atomic E-state index is -3.40. The van der Waals surface area contributed by atoms with Gasteiger partial charge in [0.15, 0.2) is 11.6 Å². The maximum atomic E-state index is 14.5. The third kappa shape index (κ3) is 2.65. The maximum Gasteiger partial charge on any atom is 0.339 e. The van der Waals surface area contributed by atoms with Crippen molar-refractivity contribution in [2.75, 3.05) is 18.1 Å². The summed E-state index contributed by atoms with van der Waals surface area (Å²) in [5.41, 5.74) is 4.94. The molecular formula is C14H12ClF2N5O3. The van der Waals surface area contributed by atoms with Crippen molar-refractivity contribution in [1.82, 2.24) is 14.4 Å². The molecule has 25 heavy (non-hydrogen) atoms. The molecule has 0 spiro atoms. The molecule has 0 radical (unpaired) electrons. The fourth-order valence-electron chi connectivity index (χ4n) is 2.44. The van der Waals surface area contributed by atoms with Gasteiger partial charge in [-0.25, -0.2) is 18.7 Å². The summed E-state index contributed by atoms with van der Waals surface area (Å²) < 4.78 is 29.4. The van der Waals surface area contributed by atoms with Gasteiger partial charge in [0.2, 0.25) is 5.82 Å². The fourth-order valence-corrected chi connectivity index (χ4v) is 2.66. The number of nitrogens with one attached hydrogen (secondary N) is 1. The molecule has 0 bridgehead atoms. The molecule has 0 amide bonds. The summed E-state index contributed by atoms with van der Waals surface area (Å²) >= 11 is 5.95. The van der Waals surface area contributed by atoms with Crippen LogP contribution in [0.15, 0.2) is 18.3 Å². The lowest BCUT2D eigenvalue weighted by Crippen LogP contribution is -2.27. The van der Waals surface area contributed by atoms with E-state index in [1.54, 1.807) is 0 Å². The summed E-state index contributed by atoms with van der Waals surface area (Å²) in [6, 6.07) is 2.47. The molecule has 1 aromatic carbocycles. The number of rotatable bonds is 3. The van der Waals surface area contributed by atoms with E-state index in [4.69, 9.17) is 17.3 Å². The Hall–Kier alpha value is -2.53. The van der Waals surface area contributed by atoms with Crippen LogP contribution in [-0.4, -0.2) is 36.7 Å². The largest absolute Gasteiger partial charge is 0.386 e. The number of hydrogen-bond acceptors (Lipinski definition) is 7. The minimum Gasteiger partial charge on any atom is -0.386 e. The first-order chi connectivity index (χ1) is 11.7. The SMILES string of the molecule is CNc1ccc(-c2nc(C(O)(O)O)n3c(Cl)cnc(N)c23)c(F)c1F. The third-order valence-electron chi connectivity index (χ3n) is 3.55. The number of nitrogens with two attached hydrogens (primary N) is 1. The van der Waals surface area contributed by atoms with Crippen molar-refractivity contribution in [1.29, 1.82) is 0 Å². The Kier molecular flexibility index (Phi) is 4.00. The van der Waals surface area contributed by atoms with E-state index in [2.05, 4.69) is 15.3 Å². The Bertz CT molecular complexity index is 987. The number of anilines is 2. The zero-order chi connectivity index (χ0) is 18.5. The molecule has 0 atom stereocenters. The molecule has 6 N–H and O–H groups in total. The summed E-state index contributed by atoms with van der Waals surface area (Å²) in [6.45, 7) is 0. The van der Waals surface area contributed by atoms with Crippen LogP contribution >= 0.6 is 11.6 Å². The van der Waals surface area contributed by atoms with E-state index in [0.29, 0.717) is 0 Å². The quantitative estimate of drug-likeness (QED) is 0.435. The summed E-state index contributed by atoms with van der Waals surface area (Å²) in [4.78, 5) is 7.58. The topological polar surface area (TPSA) is 129 Å². The fraction of sp³-hybridized carbons (Fsp3) is 0.143. The second-order valence-electron chi connectivity index (χ2n) is 5.11. The average molecular weight is 372 g/mol. The average Bonchev–Trinajstić information content (AvgIpc) is 2.95. The molecule has 3 aromatic rings. The van der Waals surface area contributed by atoms with Gasteiger partial charge >= 0.3 is 5.97 Å². The number of nitrogens with zero attached hydrogens (tertiary/aromatic N) is 3. The van der Waals surface area contributed by atoms with E-state index >= 15 is 0 Å². The molecule has 132 valence electrons. The first-order valence-corrected chi connectivity index (χ1v) is 7.20. The molecule has 3 rings (SSSR count). The standard InChI is InChI=1S/C14H12ClF2N5O3/c1-19-6-3-2-5(8(16)9(6)17)10-11-12(18)20-4-7(15)22(11)13(21-10)14(23,24)25/h2-4,19,23-25H,1H3,(H2,18,20). The lowest BCUT2D eigenvalue weighted by Gasteiger charge is -2.13. The zero-order valence-corrected chi connectivity index (χ0v) is 13.4. The molecule has 0 saturated carbocycles. The zero-order valence-electron chi connectivity index (χ0n) is 12.6. The second-order valence-corrected chi connectivity index (χ2v) is 5.50. The maximum absolute atomic E-state index is 14.5. The van der Waals surface area contributed by atoms with Gasteiger partial charge in [0, 0.05) is 12.6 Å². The number of imidazole rings is 1. The van der Waals surface area contributed by atoms with E-state index in [1.165, 1.54) is 19.2 Å². The van der Waals surface area contributed by atoms with E-state index in [1.807, 2.05) is 0 Å². The van der Waals surface area contributed by atoms with Crippen LogP contribution < -0.4 is 11.1 Å². The van der Waals surface area contributed by atoms with Gasteiger partial charge in [0.25, 0.3) is 0 Å². The molecule has 11 heteroatoms. The van der Waals surface area contributed by atoms with Crippen LogP contribution in [0.25, 0.3) is 16.8 Å². The molecule has 0 aliphatic rings. The van der Waals surface area contributed by atoms with Crippen LogP contribution in [0.5, 0.6) is 0 Å². The van der Waals surface area contributed by atoms with Crippen LogP contribution in [0, 0.1) is 11.6 Å². The lowest BCUT2D eigenvalue weighted by atomic mass is 10.1. The minimum absolute atomic E-state index is 0.0880. The molecule has 0 fully saturated rings. The molecule has 0 aliphatic carbocycles.